The highest BCUT2D eigenvalue weighted by atomic mass is 16.5. The first-order valence-electron chi connectivity index (χ1n) is 7.21. The molecule has 0 aliphatic rings. The maximum absolute atomic E-state index is 11.6. The topological polar surface area (TPSA) is 114 Å². The molecule has 0 saturated heterocycles. The number of carbonyl (C=O) groups is 1. The van der Waals surface area contributed by atoms with Crippen LogP contribution in [0.1, 0.15) is 18.2 Å². The number of aromatic nitrogens is 1. The van der Waals surface area contributed by atoms with Crippen LogP contribution in [0.2, 0.25) is 0 Å². The molecular formula is C17H15N5O2. The highest BCUT2D eigenvalue weighted by Crippen LogP contribution is 2.32. The van der Waals surface area contributed by atoms with E-state index in [9.17, 15) is 10.1 Å². The minimum absolute atomic E-state index is 0.142. The van der Waals surface area contributed by atoms with Crippen LogP contribution in [0.15, 0.2) is 35.4 Å². The van der Waals surface area contributed by atoms with E-state index in [0.29, 0.717) is 11.4 Å². The number of benzene rings is 1. The summed E-state index contributed by atoms with van der Waals surface area (Å²) in [5, 5.41) is 22.2. The van der Waals surface area contributed by atoms with E-state index in [4.69, 9.17) is 10.00 Å². The maximum atomic E-state index is 11.6. The lowest BCUT2D eigenvalue weighted by Crippen LogP contribution is -2.17. The minimum atomic E-state index is -0.822. The van der Waals surface area contributed by atoms with E-state index in [2.05, 4.69) is 21.6 Å². The van der Waals surface area contributed by atoms with Crippen molar-refractivity contribution in [1.29, 1.82) is 10.5 Å². The number of ether oxygens (including phenoxy) is 1. The fourth-order valence-electron chi connectivity index (χ4n) is 2.21. The number of esters is 1. The van der Waals surface area contributed by atoms with Gasteiger partial charge in [0.1, 0.15) is 23.5 Å². The van der Waals surface area contributed by atoms with Crippen LogP contribution in [-0.4, -0.2) is 23.3 Å². The molecular weight excluding hydrogens is 306 g/mol. The van der Waals surface area contributed by atoms with Crippen LogP contribution in [0.3, 0.4) is 0 Å². The summed E-state index contributed by atoms with van der Waals surface area (Å²) in [6.45, 7) is 3.60. The first kappa shape index (κ1) is 16.8. The van der Waals surface area contributed by atoms with Crippen molar-refractivity contribution in [1.82, 2.24) is 4.98 Å². The molecule has 120 valence electrons. The fourth-order valence-corrected chi connectivity index (χ4v) is 2.21. The molecule has 2 rings (SSSR count). The molecule has 0 radical (unpaired) electrons. The zero-order chi connectivity index (χ0) is 17.5. The largest absolute Gasteiger partial charge is 0.461 e. The lowest BCUT2D eigenvalue weighted by Gasteiger charge is -2.02. The standard InChI is InChI=1S/C17H15N5O2/c1-3-24-17(23)14(10-19)21-22-16-13(9-18)15(11(2)20-16)12-7-5-4-6-8-12/h4-8,20,22H,3H2,1-2H3. The van der Waals surface area contributed by atoms with Gasteiger partial charge in [0.2, 0.25) is 5.71 Å². The van der Waals surface area contributed by atoms with E-state index < -0.39 is 11.7 Å². The van der Waals surface area contributed by atoms with Gasteiger partial charge in [0.25, 0.3) is 0 Å². The summed E-state index contributed by atoms with van der Waals surface area (Å²) >= 11 is 0. The van der Waals surface area contributed by atoms with Crippen LogP contribution in [-0.2, 0) is 9.53 Å². The van der Waals surface area contributed by atoms with E-state index >= 15 is 0 Å². The van der Waals surface area contributed by atoms with Crippen molar-refractivity contribution in [2.24, 2.45) is 5.10 Å². The van der Waals surface area contributed by atoms with Gasteiger partial charge in [-0.25, -0.2) is 4.79 Å². The van der Waals surface area contributed by atoms with Gasteiger partial charge in [-0.1, -0.05) is 30.3 Å². The summed E-state index contributed by atoms with van der Waals surface area (Å²) in [7, 11) is 0. The van der Waals surface area contributed by atoms with Gasteiger partial charge in [-0.05, 0) is 19.4 Å². The van der Waals surface area contributed by atoms with E-state index in [1.807, 2.05) is 37.3 Å². The predicted molar refractivity (Wildman–Crippen MR) is 89.0 cm³/mol. The van der Waals surface area contributed by atoms with Crippen LogP contribution in [0, 0.1) is 29.6 Å². The number of H-pyrrole nitrogens is 1. The lowest BCUT2D eigenvalue weighted by atomic mass is 10.0. The average molecular weight is 321 g/mol. The molecule has 0 amide bonds. The van der Waals surface area contributed by atoms with Crippen LogP contribution >= 0.6 is 0 Å². The molecule has 0 aliphatic heterocycles. The van der Waals surface area contributed by atoms with Crippen molar-refractivity contribution in [2.75, 3.05) is 12.0 Å². The number of aromatic amines is 1. The molecule has 0 fully saturated rings. The zero-order valence-electron chi connectivity index (χ0n) is 13.3. The Hall–Kier alpha value is -3.58. The number of carbonyl (C=O) groups excluding carboxylic acids is 1. The summed E-state index contributed by atoms with van der Waals surface area (Å²) in [5.41, 5.74) is 4.89. The molecule has 2 N–H and O–H groups in total. The number of nitrogens with one attached hydrogen (secondary N) is 2. The van der Waals surface area contributed by atoms with Gasteiger partial charge in [-0.15, -0.1) is 0 Å². The summed E-state index contributed by atoms with van der Waals surface area (Å²) < 4.78 is 4.73. The molecule has 24 heavy (non-hydrogen) atoms. The molecule has 1 aromatic heterocycles. The number of hydrogen-bond donors (Lipinski definition) is 2. The van der Waals surface area contributed by atoms with E-state index in [1.54, 1.807) is 13.0 Å². The molecule has 0 unspecified atom stereocenters. The predicted octanol–water partition coefficient (Wildman–Crippen LogP) is 2.72. The van der Waals surface area contributed by atoms with E-state index in [1.165, 1.54) is 0 Å². The minimum Gasteiger partial charge on any atom is -0.461 e. The summed E-state index contributed by atoms with van der Waals surface area (Å²) in [6, 6.07) is 13.2. The van der Waals surface area contributed by atoms with Gasteiger partial charge in [0.05, 0.1) is 6.61 Å². The number of hydrogen-bond acceptors (Lipinski definition) is 6. The van der Waals surface area contributed by atoms with Gasteiger partial charge >= 0.3 is 5.97 Å². The molecule has 1 heterocycles. The third kappa shape index (κ3) is 3.42. The van der Waals surface area contributed by atoms with Gasteiger partial charge in [-0.2, -0.15) is 15.6 Å². The monoisotopic (exact) mass is 321 g/mol. The Bertz CT molecular complexity index is 854. The summed E-state index contributed by atoms with van der Waals surface area (Å²) in [4.78, 5) is 14.6. The number of hydrazone groups is 1. The van der Waals surface area contributed by atoms with E-state index in [0.717, 1.165) is 16.8 Å². The zero-order valence-corrected chi connectivity index (χ0v) is 13.3. The molecule has 0 saturated carbocycles. The molecule has 2 aromatic rings. The van der Waals surface area contributed by atoms with Crippen LogP contribution < -0.4 is 5.43 Å². The Morgan fingerprint density at radius 3 is 2.62 bits per heavy atom. The van der Waals surface area contributed by atoms with Crippen molar-refractivity contribution in [3.05, 3.63) is 41.6 Å². The Labute approximate surface area is 139 Å². The van der Waals surface area contributed by atoms with Crippen molar-refractivity contribution < 1.29 is 9.53 Å². The lowest BCUT2D eigenvalue weighted by molar-refractivity contribution is -0.134. The SMILES string of the molecule is CCOC(=O)C(C#N)=NNc1[nH]c(C)c(-c2ccccc2)c1C#N. The molecule has 0 bridgehead atoms. The van der Waals surface area contributed by atoms with Gasteiger partial charge in [-0.3, -0.25) is 5.43 Å². The molecule has 7 heteroatoms. The second kappa shape index (κ2) is 7.61. The van der Waals surface area contributed by atoms with Crippen LogP contribution in [0.4, 0.5) is 5.82 Å². The van der Waals surface area contributed by atoms with Crippen LogP contribution in [0.25, 0.3) is 11.1 Å². The van der Waals surface area contributed by atoms with Crippen molar-refractivity contribution in [2.45, 2.75) is 13.8 Å². The number of anilines is 1. The van der Waals surface area contributed by atoms with Crippen molar-refractivity contribution >= 4 is 17.5 Å². The highest BCUT2D eigenvalue weighted by Gasteiger charge is 2.17. The number of aryl methyl sites for hydroxylation is 1. The smallest absolute Gasteiger partial charge is 0.369 e. The Morgan fingerprint density at radius 1 is 1.33 bits per heavy atom. The van der Waals surface area contributed by atoms with Gasteiger partial charge in [0, 0.05) is 11.3 Å². The Kier molecular flexibility index (Phi) is 5.32. The van der Waals surface area contributed by atoms with Crippen LogP contribution in [0.5, 0.6) is 0 Å². The first-order chi connectivity index (χ1) is 11.6. The Morgan fingerprint density at radius 2 is 2.04 bits per heavy atom. The van der Waals surface area contributed by atoms with Crippen molar-refractivity contribution in [3.8, 4) is 23.3 Å². The third-order valence-corrected chi connectivity index (χ3v) is 3.22. The Balaban J connectivity index is 2.38. The quantitative estimate of drug-likeness (QED) is 0.499. The molecule has 0 spiro atoms. The van der Waals surface area contributed by atoms with Gasteiger partial charge in [0.15, 0.2) is 0 Å². The summed E-state index contributed by atoms with van der Waals surface area (Å²) in [6.07, 6.45) is 0. The number of rotatable bonds is 5. The number of nitriles is 2. The van der Waals surface area contributed by atoms with Gasteiger partial charge < -0.3 is 9.72 Å². The fraction of sp³-hybridized carbons (Fsp3) is 0.176. The molecule has 7 nitrogen and oxygen atoms in total. The average Bonchev–Trinajstić information content (AvgIpc) is 2.92. The normalized spacial score (nSPS) is 10.6. The molecule has 1 aromatic carbocycles. The summed E-state index contributed by atoms with van der Waals surface area (Å²) in [5.74, 6) is -0.511. The van der Waals surface area contributed by atoms with E-state index in [-0.39, 0.29) is 6.61 Å². The van der Waals surface area contributed by atoms with Crippen molar-refractivity contribution in [3.63, 3.8) is 0 Å². The maximum Gasteiger partial charge on any atom is 0.369 e. The molecule has 0 atom stereocenters. The number of nitrogens with zero attached hydrogens (tertiary/aromatic N) is 3. The highest BCUT2D eigenvalue weighted by molar-refractivity contribution is 6.43. The third-order valence-electron chi connectivity index (χ3n) is 3.22. The second-order valence-electron chi connectivity index (χ2n) is 4.76. The first-order valence-corrected chi connectivity index (χ1v) is 7.21. The second-order valence-corrected chi connectivity index (χ2v) is 4.76. The molecule has 0 aliphatic carbocycles.